The van der Waals surface area contributed by atoms with Gasteiger partial charge in [-0.15, -0.1) is 0 Å². The number of amides is 1. The highest BCUT2D eigenvalue weighted by atomic mass is 79.9. The summed E-state index contributed by atoms with van der Waals surface area (Å²) in [5.41, 5.74) is 1.51. The largest absolute Gasteiger partial charge is 0.438 e. The van der Waals surface area contributed by atoms with Crippen molar-refractivity contribution in [3.63, 3.8) is 0 Å². The quantitative estimate of drug-likeness (QED) is 0.756. The van der Waals surface area contributed by atoms with Gasteiger partial charge >= 0.3 is 0 Å². The van der Waals surface area contributed by atoms with Crippen LogP contribution in [-0.4, -0.2) is 10.9 Å². The number of benzene rings is 1. The number of hydrogen-bond donors (Lipinski definition) is 2. The fourth-order valence-corrected chi connectivity index (χ4v) is 2.44. The highest BCUT2D eigenvalue weighted by molar-refractivity contribution is 9.10. The molecule has 0 radical (unpaired) electrons. The Labute approximate surface area is 134 Å². The van der Waals surface area contributed by atoms with Crippen molar-refractivity contribution in [2.45, 2.75) is 6.54 Å². The van der Waals surface area contributed by atoms with E-state index in [4.69, 9.17) is 9.83 Å². The van der Waals surface area contributed by atoms with Gasteiger partial charge in [-0.25, -0.2) is 0 Å². The molecule has 0 atom stereocenters. The highest BCUT2D eigenvalue weighted by Gasteiger charge is 2.11. The molecule has 0 aliphatic rings. The lowest BCUT2D eigenvalue weighted by molar-refractivity contribution is 0.0946. The van der Waals surface area contributed by atoms with Crippen LogP contribution in [0.5, 0.6) is 0 Å². The second-order valence-electron chi connectivity index (χ2n) is 4.72. The van der Waals surface area contributed by atoms with E-state index in [0.29, 0.717) is 12.1 Å². The minimum Gasteiger partial charge on any atom is -0.438 e. The Balaban J connectivity index is 1.87. The maximum atomic E-state index is 12.2. The van der Waals surface area contributed by atoms with Gasteiger partial charge in [0.1, 0.15) is 11.1 Å². The molecule has 0 fully saturated rings. The first-order valence-corrected chi connectivity index (χ1v) is 7.38. The van der Waals surface area contributed by atoms with E-state index in [2.05, 4.69) is 26.2 Å². The topological polar surface area (TPSA) is 79.0 Å². The zero-order valence-electron chi connectivity index (χ0n) is 11.5. The summed E-state index contributed by atoms with van der Waals surface area (Å²) in [7, 11) is 0. The van der Waals surface area contributed by atoms with E-state index >= 15 is 0 Å². The molecule has 2 heterocycles. The number of rotatable bonds is 3. The highest BCUT2D eigenvalue weighted by Crippen LogP contribution is 2.19. The fourth-order valence-electron chi connectivity index (χ4n) is 2.06. The number of nitrogens with one attached hydrogen (secondary N) is 2. The van der Waals surface area contributed by atoms with Crippen LogP contribution in [0.2, 0.25) is 0 Å². The van der Waals surface area contributed by atoms with E-state index < -0.39 is 0 Å². The van der Waals surface area contributed by atoms with Gasteiger partial charge in [0.2, 0.25) is 5.55 Å². The van der Waals surface area contributed by atoms with Crippen molar-refractivity contribution in [2.75, 3.05) is 0 Å². The van der Waals surface area contributed by atoms with Gasteiger partial charge < -0.3 is 9.73 Å². The molecule has 22 heavy (non-hydrogen) atoms. The normalized spacial score (nSPS) is 10.6. The van der Waals surface area contributed by atoms with Gasteiger partial charge in [-0.2, -0.15) is 0 Å². The van der Waals surface area contributed by atoms with Gasteiger partial charge in [-0.1, -0.05) is 22.0 Å². The van der Waals surface area contributed by atoms with Crippen molar-refractivity contribution in [3.8, 4) is 0 Å². The van der Waals surface area contributed by atoms with Crippen LogP contribution in [0.25, 0.3) is 11.0 Å². The van der Waals surface area contributed by atoms with Gasteiger partial charge in [0.05, 0.1) is 0 Å². The van der Waals surface area contributed by atoms with Crippen LogP contribution in [-0.2, 0) is 6.54 Å². The molecule has 0 saturated heterocycles. The molecule has 0 bridgehead atoms. The van der Waals surface area contributed by atoms with Crippen molar-refractivity contribution < 1.29 is 9.21 Å². The van der Waals surface area contributed by atoms with E-state index in [0.717, 1.165) is 15.4 Å². The molecule has 110 valence electrons. The monoisotopic (exact) mass is 357 g/mol. The molecular formula is C16H12BrN3O2. The molecule has 3 rings (SSSR count). The van der Waals surface area contributed by atoms with Crippen LogP contribution in [0.1, 0.15) is 15.9 Å². The van der Waals surface area contributed by atoms with E-state index in [1.54, 1.807) is 30.6 Å². The van der Waals surface area contributed by atoms with Crippen molar-refractivity contribution >= 4 is 32.8 Å². The van der Waals surface area contributed by atoms with Gasteiger partial charge in [0.25, 0.3) is 5.91 Å². The zero-order valence-corrected chi connectivity index (χ0v) is 13.1. The van der Waals surface area contributed by atoms with Crippen LogP contribution in [0, 0.1) is 5.41 Å². The van der Waals surface area contributed by atoms with E-state index in [1.807, 2.05) is 18.2 Å². The Morgan fingerprint density at radius 1 is 1.32 bits per heavy atom. The molecular weight excluding hydrogens is 346 g/mol. The Kier molecular flexibility index (Phi) is 4.02. The summed E-state index contributed by atoms with van der Waals surface area (Å²) in [6, 6.07) is 10.8. The fraction of sp³-hybridized carbons (Fsp3) is 0.0625. The summed E-state index contributed by atoms with van der Waals surface area (Å²) in [6.45, 7) is 0.350. The minimum atomic E-state index is -0.348. The van der Waals surface area contributed by atoms with E-state index in [9.17, 15) is 4.79 Å². The summed E-state index contributed by atoms with van der Waals surface area (Å²) >= 11 is 3.38. The van der Waals surface area contributed by atoms with Gasteiger partial charge in [0, 0.05) is 28.8 Å². The molecule has 6 heteroatoms. The van der Waals surface area contributed by atoms with Crippen LogP contribution < -0.4 is 10.9 Å². The maximum absolute atomic E-state index is 12.2. The predicted octanol–water partition coefficient (Wildman–Crippen LogP) is 3.00. The average Bonchev–Trinajstić information content (AvgIpc) is 2.53. The van der Waals surface area contributed by atoms with Gasteiger partial charge in [-0.3, -0.25) is 15.2 Å². The Morgan fingerprint density at radius 3 is 2.95 bits per heavy atom. The first kappa shape index (κ1) is 14.5. The minimum absolute atomic E-state index is 0.154. The molecule has 2 N–H and O–H groups in total. The smallest absolute Gasteiger partial charge is 0.257 e. The maximum Gasteiger partial charge on any atom is 0.257 e. The molecule has 0 aliphatic carbocycles. The van der Waals surface area contributed by atoms with Crippen LogP contribution in [0.4, 0.5) is 0 Å². The molecule has 0 spiro atoms. The summed E-state index contributed by atoms with van der Waals surface area (Å²) in [5, 5.41) is 11.4. The lowest BCUT2D eigenvalue weighted by atomic mass is 10.1. The van der Waals surface area contributed by atoms with Gasteiger partial charge in [-0.05, 0) is 35.9 Å². The Morgan fingerprint density at radius 2 is 2.18 bits per heavy atom. The van der Waals surface area contributed by atoms with E-state index in [-0.39, 0.29) is 17.0 Å². The first-order valence-electron chi connectivity index (χ1n) is 6.58. The summed E-state index contributed by atoms with van der Waals surface area (Å²) in [5.74, 6) is -0.348. The third kappa shape index (κ3) is 3.07. The number of nitrogens with zero attached hydrogens (tertiary/aromatic N) is 1. The molecule has 2 aromatic heterocycles. The zero-order chi connectivity index (χ0) is 15.5. The number of pyridine rings is 1. The van der Waals surface area contributed by atoms with Crippen molar-refractivity contribution in [1.29, 1.82) is 5.41 Å². The predicted molar refractivity (Wildman–Crippen MR) is 85.2 cm³/mol. The number of aromatic nitrogens is 1. The van der Waals surface area contributed by atoms with Crippen molar-refractivity contribution in [3.05, 3.63) is 69.9 Å². The van der Waals surface area contributed by atoms with Crippen LogP contribution in [0.3, 0.4) is 0 Å². The molecule has 3 aromatic rings. The number of hydrogen-bond acceptors (Lipinski definition) is 4. The summed E-state index contributed by atoms with van der Waals surface area (Å²) < 4.78 is 6.28. The van der Waals surface area contributed by atoms with Crippen molar-refractivity contribution in [2.24, 2.45) is 0 Å². The van der Waals surface area contributed by atoms with Crippen LogP contribution in [0.15, 0.2) is 57.7 Å². The Hall–Kier alpha value is -2.47. The SMILES string of the molecule is N=c1oc2ccc(Br)cc2cc1C(=O)NCc1cccnc1. The standard InChI is InChI=1S/C16H12BrN3O2/c17-12-3-4-14-11(6-12)7-13(15(18)22-14)16(21)20-9-10-2-1-5-19-8-10/h1-8,18H,9H2,(H,20,21). The molecule has 0 saturated carbocycles. The summed E-state index contributed by atoms with van der Waals surface area (Å²) in [6.07, 6.45) is 3.36. The molecule has 1 amide bonds. The molecule has 5 nitrogen and oxygen atoms in total. The molecule has 0 aliphatic heterocycles. The second-order valence-corrected chi connectivity index (χ2v) is 5.63. The number of carbonyl (C=O) groups is 1. The van der Waals surface area contributed by atoms with Crippen molar-refractivity contribution in [1.82, 2.24) is 10.3 Å². The number of fused-ring (bicyclic) bond motifs is 1. The Bertz CT molecular complexity index is 891. The number of halogens is 1. The van der Waals surface area contributed by atoms with Gasteiger partial charge in [0.15, 0.2) is 0 Å². The molecule has 0 unspecified atom stereocenters. The average molecular weight is 358 g/mol. The third-order valence-electron chi connectivity index (χ3n) is 3.15. The lowest BCUT2D eigenvalue weighted by Crippen LogP contribution is -2.27. The second kappa shape index (κ2) is 6.11. The number of carbonyl (C=O) groups excluding carboxylic acids is 1. The van der Waals surface area contributed by atoms with Crippen LogP contribution >= 0.6 is 15.9 Å². The lowest BCUT2D eigenvalue weighted by Gasteiger charge is -2.06. The third-order valence-corrected chi connectivity index (χ3v) is 3.64. The first-order chi connectivity index (χ1) is 10.6. The molecule has 1 aromatic carbocycles. The summed E-state index contributed by atoms with van der Waals surface area (Å²) in [4.78, 5) is 16.2. The van der Waals surface area contributed by atoms with E-state index in [1.165, 1.54) is 0 Å².